The van der Waals surface area contributed by atoms with Crippen LogP contribution in [0.3, 0.4) is 0 Å². The summed E-state index contributed by atoms with van der Waals surface area (Å²) in [7, 11) is 0. The van der Waals surface area contributed by atoms with E-state index in [-0.39, 0.29) is 17.3 Å². The van der Waals surface area contributed by atoms with Crippen LogP contribution in [0.5, 0.6) is 0 Å². The van der Waals surface area contributed by atoms with Crippen molar-refractivity contribution in [2.45, 2.75) is 36.6 Å². The largest absolute Gasteiger partial charge is 0.465 e. The number of benzene rings is 1. The molecule has 1 aliphatic rings. The Kier molecular flexibility index (Phi) is 6.93. The fourth-order valence-corrected chi connectivity index (χ4v) is 4.20. The Morgan fingerprint density at radius 3 is 2.38 bits per heavy atom. The van der Waals surface area contributed by atoms with Crippen LogP contribution in [0.1, 0.15) is 20.3 Å². The predicted molar refractivity (Wildman–Crippen MR) is 95.2 cm³/mol. The van der Waals surface area contributed by atoms with Crippen molar-refractivity contribution in [2.24, 2.45) is 0 Å². The molecule has 1 heterocycles. The highest BCUT2D eigenvalue weighted by Gasteiger charge is 2.27. The van der Waals surface area contributed by atoms with Gasteiger partial charge in [-0.15, -0.1) is 11.8 Å². The van der Waals surface area contributed by atoms with Gasteiger partial charge >= 0.3 is 6.09 Å². The van der Waals surface area contributed by atoms with E-state index >= 15 is 0 Å². The molecule has 1 aromatic carbocycles. The maximum absolute atomic E-state index is 11.5. The van der Waals surface area contributed by atoms with Crippen molar-refractivity contribution in [1.29, 1.82) is 0 Å². The summed E-state index contributed by atoms with van der Waals surface area (Å²) in [5.41, 5.74) is 0. The Labute approximate surface area is 147 Å². The number of rotatable bonds is 6. The fourth-order valence-electron chi connectivity index (χ4n) is 2.82. The van der Waals surface area contributed by atoms with Gasteiger partial charge in [0.2, 0.25) is 5.91 Å². The van der Waals surface area contributed by atoms with Crippen LogP contribution >= 0.6 is 11.8 Å². The van der Waals surface area contributed by atoms with E-state index in [4.69, 9.17) is 5.11 Å². The molecule has 0 radical (unpaired) electrons. The van der Waals surface area contributed by atoms with Gasteiger partial charge in [-0.05, 0) is 25.5 Å². The average Bonchev–Trinajstić information content (AvgIpc) is 2.54. The zero-order valence-electron chi connectivity index (χ0n) is 14.1. The molecular formula is C17H25N3O3S. The van der Waals surface area contributed by atoms with Gasteiger partial charge < -0.3 is 15.3 Å². The molecule has 0 unspecified atom stereocenters. The van der Waals surface area contributed by atoms with Crippen LogP contribution in [-0.4, -0.2) is 64.5 Å². The Hall–Kier alpha value is -1.73. The summed E-state index contributed by atoms with van der Waals surface area (Å²) in [6, 6.07) is 10.0. The zero-order valence-corrected chi connectivity index (χ0v) is 15.0. The van der Waals surface area contributed by atoms with Crippen LogP contribution in [0.25, 0.3) is 0 Å². The number of thioether (sulfide) groups is 1. The van der Waals surface area contributed by atoms with Gasteiger partial charge in [-0.25, -0.2) is 4.79 Å². The average molecular weight is 351 g/mol. The molecule has 2 rings (SSSR count). The van der Waals surface area contributed by atoms with E-state index in [2.05, 4.69) is 22.3 Å². The lowest BCUT2D eigenvalue weighted by molar-refractivity contribution is -0.130. The molecule has 0 aliphatic carbocycles. The highest BCUT2D eigenvalue weighted by molar-refractivity contribution is 7.99. The molecule has 0 saturated carbocycles. The van der Waals surface area contributed by atoms with Gasteiger partial charge in [0.1, 0.15) is 0 Å². The number of carboxylic acid groups (broad SMARTS) is 1. The van der Waals surface area contributed by atoms with Crippen LogP contribution in [0.15, 0.2) is 35.2 Å². The number of carbonyl (C=O) groups is 2. The van der Waals surface area contributed by atoms with E-state index in [1.54, 1.807) is 18.7 Å². The van der Waals surface area contributed by atoms with Gasteiger partial charge in [-0.1, -0.05) is 18.2 Å². The minimum Gasteiger partial charge on any atom is -0.465 e. The maximum atomic E-state index is 11.5. The second-order valence-electron chi connectivity index (χ2n) is 6.01. The summed E-state index contributed by atoms with van der Waals surface area (Å²) < 4.78 is 0. The van der Waals surface area contributed by atoms with Gasteiger partial charge in [0.15, 0.2) is 0 Å². The van der Waals surface area contributed by atoms with Crippen LogP contribution in [0, 0.1) is 0 Å². The highest BCUT2D eigenvalue weighted by atomic mass is 32.2. The first-order chi connectivity index (χ1) is 11.5. The van der Waals surface area contributed by atoms with Crippen molar-refractivity contribution in [3.63, 3.8) is 0 Å². The van der Waals surface area contributed by atoms with E-state index in [0.717, 1.165) is 26.2 Å². The van der Waals surface area contributed by atoms with Crippen molar-refractivity contribution in [1.82, 2.24) is 15.1 Å². The molecule has 2 amide bonds. The molecule has 1 aliphatic heterocycles. The van der Waals surface area contributed by atoms with Crippen molar-refractivity contribution in [3.05, 3.63) is 30.3 Å². The minimum absolute atomic E-state index is 0.114. The lowest BCUT2D eigenvalue weighted by Gasteiger charge is -2.39. The van der Waals surface area contributed by atoms with Gasteiger partial charge in [0.25, 0.3) is 0 Å². The third-order valence-electron chi connectivity index (χ3n) is 4.11. The molecule has 132 valence electrons. The van der Waals surface area contributed by atoms with Gasteiger partial charge in [0, 0.05) is 44.0 Å². The molecule has 1 aromatic rings. The standard InChI is InChI=1S/C17H25N3O3S/c1-13(18-17(22)23)12-16(24-15-6-4-3-5-7-15)20-10-8-19(9-11-20)14(2)21/h3-7,13,16,18H,8-12H2,1-2H3,(H,22,23)/t13-,16+/m1/s1. The van der Waals surface area contributed by atoms with Crippen molar-refractivity contribution >= 4 is 23.8 Å². The van der Waals surface area contributed by atoms with Crippen molar-refractivity contribution < 1.29 is 14.7 Å². The van der Waals surface area contributed by atoms with Crippen LogP contribution in [0.2, 0.25) is 0 Å². The Morgan fingerprint density at radius 1 is 1.21 bits per heavy atom. The fraction of sp³-hybridized carbons (Fsp3) is 0.529. The van der Waals surface area contributed by atoms with E-state index in [1.807, 2.05) is 30.0 Å². The quantitative estimate of drug-likeness (QED) is 0.770. The lowest BCUT2D eigenvalue weighted by Crippen LogP contribution is -2.51. The Morgan fingerprint density at radius 2 is 1.83 bits per heavy atom. The van der Waals surface area contributed by atoms with Gasteiger partial charge in [-0.2, -0.15) is 0 Å². The molecule has 0 bridgehead atoms. The lowest BCUT2D eigenvalue weighted by atomic mass is 10.2. The van der Waals surface area contributed by atoms with E-state index in [9.17, 15) is 9.59 Å². The molecule has 1 saturated heterocycles. The normalized spacial score (nSPS) is 18.0. The first kappa shape index (κ1) is 18.6. The number of amides is 2. The van der Waals surface area contributed by atoms with E-state index in [0.29, 0.717) is 6.42 Å². The Bertz CT molecular complexity index is 547. The number of hydrogen-bond acceptors (Lipinski definition) is 4. The molecule has 2 N–H and O–H groups in total. The van der Waals surface area contributed by atoms with Gasteiger partial charge in [0.05, 0.1) is 5.37 Å². The first-order valence-electron chi connectivity index (χ1n) is 8.16. The third-order valence-corrected chi connectivity index (χ3v) is 5.41. The van der Waals surface area contributed by atoms with Crippen LogP contribution in [-0.2, 0) is 4.79 Å². The second-order valence-corrected chi connectivity index (χ2v) is 7.27. The number of nitrogens with one attached hydrogen (secondary N) is 1. The molecule has 0 spiro atoms. The summed E-state index contributed by atoms with van der Waals surface area (Å²) in [5.74, 6) is 0.114. The molecule has 6 nitrogen and oxygen atoms in total. The highest BCUT2D eigenvalue weighted by Crippen LogP contribution is 2.29. The second kappa shape index (κ2) is 8.94. The molecular weight excluding hydrogens is 326 g/mol. The van der Waals surface area contributed by atoms with E-state index < -0.39 is 6.09 Å². The molecule has 2 atom stereocenters. The summed E-state index contributed by atoms with van der Waals surface area (Å²) >= 11 is 1.75. The molecule has 24 heavy (non-hydrogen) atoms. The number of hydrogen-bond donors (Lipinski definition) is 2. The predicted octanol–water partition coefficient (Wildman–Crippen LogP) is 2.32. The summed E-state index contributed by atoms with van der Waals surface area (Å²) in [6.07, 6.45) is -0.279. The zero-order chi connectivity index (χ0) is 17.5. The number of carbonyl (C=O) groups excluding carboxylic acids is 1. The van der Waals surface area contributed by atoms with Crippen molar-refractivity contribution in [2.75, 3.05) is 26.2 Å². The van der Waals surface area contributed by atoms with Crippen LogP contribution < -0.4 is 5.32 Å². The summed E-state index contributed by atoms with van der Waals surface area (Å²) in [5, 5.41) is 11.6. The molecule has 7 heteroatoms. The topological polar surface area (TPSA) is 72.9 Å². The molecule has 0 aromatic heterocycles. The first-order valence-corrected chi connectivity index (χ1v) is 9.04. The van der Waals surface area contributed by atoms with Crippen molar-refractivity contribution in [3.8, 4) is 0 Å². The van der Waals surface area contributed by atoms with E-state index in [1.165, 1.54) is 4.90 Å². The molecule has 1 fully saturated rings. The summed E-state index contributed by atoms with van der Waals surface area (Å²) in [4.78, 5) is 27.7. The van der Waals surface area contributed by atoms with Crippen LogP contribution in [0.4, 0.5) is 4.79 Å². The SMILES string of the molecule is CC(=O)N1CCN([C@H](C[C@@H](C)NC(=O)O)Sc2ccccc2)CC1. The number of piperazine rings is 1. The number of nitrogens with zero attached hydrogens (tertiary/aromatic N) is 2. The Balaban J connectivity index is 2.02. The maximum Gasteiger partial charge on any atom is 0.404 e. The third kappa shape index (κ3) is 5.72. The van der Waals surface area contributed by atoms with Gasteiger partial charge in [-0.3, -0.25) is 9.69 Å². The minimum atomic E-state index is -0.993. The summed E-state index contributed by atoms with van der Waals surface area (Å²) in [6.45, 7) is 6.56. The smallest absolute Gasteiger partial charge is 0.404 e. The monoisotopic (exact) mass is 351 g/mol.